The van der Waals surface area contributed by atoms with Gasteiger partial charge in [0.1, 0.15) is 12.1 Å². The Morgan fingerprint density at radius 1 is 1.06 bits per heavy atom. The third kappa shape index (κ3) is 4.35. The predicted molar refractivity (Wildman–Crippen MR) is 128 cm³/mol. The number of rotatable bonds is 6. The molecular formula is C26H30N4O3. The molecule has 2 saturated heterocycles. The van der Waals surface area contributed by atoms with Gasteiger partial charge in [-0.25, -0.2) is 0 Å². The maximum atomic E-state index is 13.7. The number of nitrogens with one attached hydrogen (secondary N) is 1. The third-order valence-electron chi connectivity index (χ3n) is 6.61. The van der Waals surface area contributed by atoms with Gasteiger partial charge in [-0.1, -0.05) is 42.5 Å². The molecule has 33 heavy (non-hydrogen) atoms. The van der Waals surface area contributed by atoms with Crippen molar-refractivity contribution in [1.29, 1.82) is 0 Å². The van der Waals surface area contributed by atoms with Crippen LogP contribution in [0.4, 0.5) is 5.69 Å². The fraction of sp³-hybridized carbons (Fsp3) is 0.346. The zero-order valence-electron chi connectivity index (χ0n) is 19.0. The molecule has 0 aliphatic carbocycles. The molecule has 3 amide bonds. The highest BCUT2D eigenvalue weighted by molar-refractivity contribution is 5.98. The Morgan fingerprint density at radius 3 is 2.39 bits per heavy atom. The minimum absolute atomic E-state index is 0.000293. The molecule has 0 saturated carbocycles. The lowest BCUT2D eigenvalue weighted by Crippen LogP contribution is -2.57. The number of carbonyl (C=O) groups excluding carboxylic acids is 3. The zero-order valence-corrected chi connectivity index (χ0v) is 19.0. The summed E-state index contributed by atoms with van der Waals surface area (Å²) in [6.07, 6.45) is 2.65. The van der Waals surface area contributed by atoms with Crippen LogP contribution in [0.15, 0.2) is 67.3 Å². The van der Waals surface area contributed by atoms with Gasteiger partial charge < -0.3 is 20.0 Å². The number of carbonyl (C=O) groups is 3. The fourth-order valence-corrected chi connectivity index (χ4v) is 4.80. The van der Waals surface area contributed by atoms with Gasteiger partial charge in [-0.3, -0.25) is 14.4 Å². The van der Waals surface area contributed by atoms with Gasteiger partial charge >= 0.3 is 0 Å². The zero-order chi connectivity index (χ0) is 23.4. The Kier molecular flexibility index (Phi) is 6.49. The lowest BCUT2D eigenvalue weighted by atomic mass is 9.85. The second kappa shape index (κ2) is 9.48. The monoisotopic (exact) mass is 446 g/mol. The van der Waals surface area contributed by atoms with E-state index >= 15 is 0 Å². The predicted octanol–water partition coefficient (Wildman–Crippen LogP) is 2.58. The molecule has 0 bridgehead atoms. The number of piperidine rings is 1. The molecule has 2 aliphatic rings. The Labute approximate surface area is 194 Å². The minimum atomic E-state index is -0.761. The first kappa shape index (κ1) is 22.6. The maximum Gasteiger partial charge on any atom is 0.254 e. The molecule has 2 heterocycles. The normalized spacial score (nSPS) is 17.4. The van der Waals surface area contributed by atoms with Crippen LogP contribution in [0.3, 0.4) is 0 Å². The first-order chi connectivity index (χ1) is 16.0. The van der Waals surface area contributed by atoms with E-state index in [1.54, 1.807) is 11.0 Å². The van der Waals surface area contributed by atoms with E-state index in [1.807, 2.05) is 66.4 Å². The van der Waals surface area contributed by atoms with Crippen molar-refractivity contribution in [2.75, 3.05) is 37.7 Å². The summed E-state index contributed by atoms with van der Waals surface area (Å²) in [6, 6.07) is 17.4. The molecule has 1 spiro atoms. The van der Waals surface area contributed by atoms with Crippen LogP contribution in [0.5, 0.6) is 0 Å². The molecule has 2 aromatic carbocycles. The van der Waals surface area contributed by atoms with Crippen LogP contribution in [-0.2, 0) is 9.59 Å². The van der Waals surface area contributed by atoms with E-state index in [0.29, 0.717) is 44.7 Å². The highest BCUT2D eigenvalue weighted by Crippen LogP contribution is 2.39. The highest BCUT2D eigenvalue weighted by atomic mass is 16.2. The van der Waals surface area contributed by atoms with Crippen LogP contribution in [0.2, 0.25) is 0 Å². The first-order valence-corrected chi connectivity index (χ1v) is 11.3. The molecule has 0 atom stereocenters. The highest BCUT2D eigenvalue weighted by Gasteiger charge is 2.54. The van der Waals surface area contributed by atoms with E-state index in [0.717, 1.165) is 11.3 Å². The number of hydrogen-bond acceptors (Lipinski definition) is 4. The summed E-state index contributed by atoms with van der Waals surface area (Å²) >= 11 is 0. The number of nitrogens with zero attached hydrogens (tertiary/aromatic N) is 3. The summed E-state index contributed by atoms with van der Waals surface area (Å²) in [5, 5.41) is 2.75. The largest absolute Gasteiger partial charge is 0.351 e. The van der Waals surface area contributed by atoms with E-state index in [1.165, 1.54) is 0 Å². The number of para-hydroxylation sites is 1. The van der Waals surface area contributed by atoms with Crippen molar-refractivity contribution in [2.24, 2.45) is 0 Å². The van der Waals surface area contributed by atoms with E-state index < -0.39 is 5.54 Å². The Hall–Kier alpha value is -3.61. The lowest BCUT2D eigenvalue weighted by Gasteiger charge is -2.43. The molecule has 172 valence electrons. The molecule has 2 aliphatic heterocycles. The summed E-state index contributed by atoms with van der Waals surface area (Å²) < 4.78 is 0. The lowest BCUT2D eigenvalue weighted by molar-refractivity contribution is -0.137. The SMILES string of the molecule is C=CCNC(=O)CN1CN(c2ccccc2)C2(CCN(C(=O)c3ccccc3C)CC2)C1=O. The Balaban J connectivity index is 1.55. The van der Waals surface area contributed by atoms with Crippen LogP contribution >= 0.6 is 0 Å². The first-order valence-electron chi connectivity index (χ1n) is 11.3. The van der Waals surface area contributed by atoms with Crippen LogP contribution in [0, 0.1) is 6.92 Å². The van der Waals surface area contributed by atoms with E-state index in [4.69, 9.17) is 0 Å². The van der Waals surface area contributed by atoms with Gasteiger partial charge in [0.15, 0.2) is 0 Å². The molecule has 4 rings (SSSR count). The summed E-state index contributed by atoms with van der Waals surface area (Å²) in [6.45, 7) is 7.23. The van der Waals surface area contributed by atoms with Gasteiger partial charge in [-0.2, -0.15) is 0 Å². The van der Waals surface area contributed by atoms with Crippen LogP contribution in [-0.4, -0.2) is 65.9 Å². The fourth-order valence-electron chi connectivity index (χ4n) is 4.80. The molecule has 7 heteroatoms. The average molecular weight is 447 g/mol. The summed E-state index contributed by atoms with van der Waals surface area (Å²) in [5.74, 6) is -0.260. The van der Waals surface area contributed by atoms with Gasteiger partial charge in [-0.15, -0.1) is 6.58 Å². The van der Waals surface area contributed by atoms with Crippen molar-refractivity contribution < 1.29 is 14.4 Å². The Bertz CT molecular complexity index is 1040. The third-order valence-corrected chi connectivity index (χ3v) is 6.61. The summed E-state index contributed by atoms with van der Waals surface area (Å²) in [4.78, 5) is 44.7. The van der Waals surface area contributed by atoms with Gasteiger partial charge in [0.2, 0.25) is 5.91 Å². The second-order valence-corrected chi connectivity index (χ2v) is 8.64. The summed E-state index contributed by atoms with van der Waals surface area (Å²) in [5.41, 5.74) is 1.83. The van der Waals surface area contributed by atoms with E-state index in [9.17, 15) is 14.4 Å². The maximum absolute atomic E-state index is 13.7. The van der Waals surface area contributed by atoms with Crippen LogP contribution in [0.1, 0.15) is 28.8 Å². The van der Waals surface area contributed by atoms with Crippen molar-refractivity contribution in [3.8, 4) is 0 Å². The molecular weight excluding hydrogens is 416 g/mol. The molecule has 2 fully saturated rings. The van der Waals surface area contributed by atoms with E-state index in [-0.39, 0.29) is 24.3 Å². The van der Waals surface area contributed by atoms with Crippen molar-refractivity contribution >= 4 is 23.4 Å². The smallest absolute Gasteiger partial charge is 0.254 e. The van der Waals surface area contributed by atoms with Gasteiger partial charge in [0.05, 0.1) is 6.67 Å². The van der Waals surface area contributed by atoms with Crippen molar-refractivity contribution in [1.82, 2.24) is 15.1 Å². The minimum Gasteiger partial charge on any atom is -0.351 e. The molecule has 2 aromatic rings. The quantitative estimate of drug-likeness (QED) is 0.693. The van der Waals surface area contributed by atoms with Gasteiger partial charge in [0.25, 0.3) is 11.8 Å². The number of amides is 3. The average Bonchev–Trinajstić information content (AvgIpc) is 3.09. The molecule has 7 nitrogen and oxygen atoms in total. The number of aryl methyl sites for hydroxylation is 1. The summed E-state index contributed by atoms with van der Waals surface area (Å²) in [7, 11) is 0. The van der Waals surface area contributed by atoms with Crippen LogP contribution in [0.25, 0.3) is 0 Å². The molecule has 0 aromatic heterocycles. The molecule has 0 radical (unpaired) electrons. The van der Waals surface area contributed by atoms with Crippen LogP contribution < -0.4 is 10.2 Å². The molecule has 1 N–H and O–H groups in total. The number of benzene rings is 2. The number of anilines is 1. The van der Waals surface area contributed by atoms with Gasteiger partial charge in [-0.05, 0) is 43.5 Å². The van der Waals surface area contributed by atoms with E-state index in [2.05, 4.69) is 16.8 Å². The van der Waals surface area contributed by atoms with Crippen molar-refractivity contribution in [3.63, 3.8) is 0 Å². The van der Waals surface area contributed by atoms with Gasteiger partial charge in [0, 0.05) is 30.9 Å². The Morgan fingerprint density at radius 2 is 1.73 bits per heavy atom. The topological polar surface area (TPSA) is 73.0 Å². The van der Waals surface area contributed by atoms with Crippen molar-refractivity contribution in [2.45, 2.75) is 25.3 Å². The number of likely N-dealkylation sites (tertiary alicyclic amines) is 1. The second-order valence-electron chi connectivity index (χ2n) is 8.64. The standard InChI is InChI=1S/C26H30N4O3/c1-3-15-27-23(31)18-29-19-30(21-10-5-4-6-11-21)26(25(29)33)13-16-28(17-14-26)24(32)22-12-8-7-9-20(22)2/h3-12H,1,13-19H2,2H3,(H,27,31). The molecule has 0 unspecified atom stereocenters. The van der Waals surface area contributed by atoms with Crippen molar-refractivity contribution in [3.05, 3.63) is 78.4 Å². The number of hydrogen-bond donors (Lipinski definition) is 1.